The van der Waals surface area contributed by atoms with Crippen LogP contribution >= 0.6 is 0 Å². The van der Waals surface area contributed by atoms with Gasteiger partial charge in [-0.1, -0.05) is 23.8 Å². The van der Waals surface area contributed by atoms with Gasteiger partial charge in [-0.25, -0.2) is 0 Å². The molecular formula is C23H28N2O5. The molecule has 4 bridgehead atoms. The third kappa shape index (κ3) is 2.25. The van der Waals surface area contributed by atoms with Crippen LogP contribution in [0.5, 0.6) is 17.2 Å². The van der Waals surface area contributed by atoms with Crippen LogP contribution in [0.15, 0.2) is 29.9 Å². The van der Waals surface area contributed by atoms with Gasteiger partial charge in [0.1, 0.15) is 5.75 Å². The van der Waals surface area contributed by atoms with Gasteiger partial charge >= 0.3 is 0 Å². The standard InChI is InChI=1S/C23H28N2O5/c1-12-14-8-18-23(10-15(12)25(18)11-13(14)6-7-27-2)19-20(24-22(23)26)16(28-3)9-17(29-4)21(19)30-5/h6,9,14-15,18H,1,7-8,10-11H2,2-5H3,(H,24,26). The molecule has 30 heavy (non-hydrogen) atoms. The number of anilines is 1. The summed E-state index contributed by atoms with van der Waals surface area (Å²) in [5, 5.41) is 3.12. The van der Waals surface area contributed by atoms with E-state index in [1.54, 1.807) is 34.5 Å². The van der Waals surface area contributed by atoms with Gasteiger partial charge < -0.3 is 24.3 Å². The molecule has 1 aromatic carbocycles. The minimum atomic E-state index is -0.711. The quantitative estimate of drug-likeness (QED) is 0.750. The fourth-order valence-electron chi connectivity index (χ4n) is 6.21. The monoisotopic (exact) mass is 412 g/mol. The van der Waals surface area contributed by atoms with E-state index in [0.29, 0.717) is 36.0 Å². The van der Waals surface area contributed by atoms with Crippen molar-refractivity contribution >= 4 is 11.6 Å². The van der Waals surface area contributed by atoms with Crippen LogP contribution in [0.3, 0.4) is 0 Å². The number of piperidine rings is 3. The number of benzene rings is 1. The number of carbonyl (C=O) groups excluding carboxylic acids is 1. The molecule has 4 saturated heterocycles. The Balaban J connectivity index is 1.67. The Morgan fingerprint density at radius 2 is 2.00 bits per heavy atom. The minimum Gasteiger partial charge on any atom is -0.494 e. The largest absolute Gasteiger partial charge is 0.494 e. The predicted octanol–water partition coefficient (Wildman–Crippen LogP) is 2.51. The maximum absolute atomic E-state index is 13.6. The van der Waals surface area contributed by atoms with Crippen molar-refractivity contribution in [2.75, 3.05) is 46.9 Å². The van der Waals surface area contributed by atoms with E-state index in [1.165, 1.54) is 11.1 Å². The molecule has 5 aliphatic heterocycles. The Kier molecular flexibility index (Phi) is 4.38. The summed E-state index contributed by atoms with van der Waals surface area (Å²) < 4.78 is 22.3. The fourth-order valence-corrected chi connectivity index (χ4v) is 6.21. The van der Waals surface area contributed by atoms with Gasteiger partial charge in [0.25, 0.3) is 0 Å². The topological polar surface area (TPSA) is 69.3 Å². The number of nitrogens with zero attached hydrogens (tertiary/aromatic N) is 1. The maximum Gasteiger partial charge on any atom is 0.237 e. The second-order valence-corrected chi connectivity index (χ2v) is 8.50. The van der Waals surface area contributed by atoms with Gasteiger partial charge in [-0.15, -0.1) is 0 Å². The van der Waals surface area contributed by atoms with E-state index >= 15 is 0 Å². The number of carbonyl (C=O) groups is 1. The summed E-state index contributed by atoms with van der Waals surface area (Å²) in [4.78, 5) is 16.1. The molecule has 4 fully saturated rings. The third-order valence-corrected chi connectivity index (χ3v) is 7.49. The molecule has 6 rings (SSSR count). The molecule has 1 amide bonds. The summed E-state index contributed by atoms with van der Waals surface area (Å²) in [5.74, 6) is 2.07. The molecule has 0 aromatic heterocycles. The van der Waals surface area contributed by atoms with Crippen LogP contribution < -0.4 is 19.5 Å². The van der Waals surface area contributed by atoms with Crippen molar-refractivity contribution in [3.63, 3.8) is 0 Å². The number of ether oxygens (including phenoxy) is 4. The lowest BCUT2D eigenvalue weighted by molar-refractivity contribution is -0.122. The first kappa shape index (κ1) is 19.5. The van der Waals surface area contributed by atoms with Gasteiger partial charge in [0.15, 0.2) is 11.5 Å². The average Bonchev–Trinajstić information content (AvgIpc) is 3.21. The zero-order chi connectivity index (χ0) is 21.2. The average molecular weight is 412 g/mol. The second kappa shape index (κ2) is 6.75. The first-order valence-electron chi connectivity index (χ1n) is 10.3. The molecule has 1 aromatic rings. The summed E-state index contributed by atoms with van der Waals surface area (Å²) >= 11 is 0. The van der Waals surface area contributed by atoms with Crippen molar-refractivity contribution in [1.82, 2.24) is 4.90 Å². The highest BCUT2D eigenvalue weighted by molar-refractivity contribution is 6.10. The summed E-state index contributed by atoms with van der Waals surface area (Å²) in [6, 6.07) is 2.02. The van der Waals surface area contributed by atoms with Gasteiger partial charge in [0, 0.05) is 43.3 Å². The van der Waals surface area contributed by atoms with Gasteiger partial charge in [-0.2, -0.15) is 0 Å². The molecule has 1 N–H and O–H groups in total. The van der Waals surface area contributed by atoms with Crippen LogP contribution in [-0.2, 0) is 14.9 Å². The molecule has 7 nitrogen and oxygen atoms in total. The molecule has 0 aliphatic carbocycles. The number of hydrogen-bond acceptors (Lipinski definition) is 6. The molecule has 160 valence electrons. The van der Waals surface area contributed by atoms with Crippen molar-refractivity contribution in [3.8, 4) is 17.2 Å². The Labute approximate surface area is 176 Å². The highest BCUT2D eigenvalue weighted by atomic mass is 16.5. The number of amides is 1. The summed E-state index contributed by atoms with van der Waals surface area (Å²) in [7, 11) is 6.54. The molecule has 5 unspecified atom stereocenters. The highest BCUT2D eigenvalue weighted by Gasteiger charge is 2.67. The molecule has 1 spiro atoms. The minimum absolute atomic E-state index is 0.0117. The first-order valence-corrected chi connectivity index (χ1v) is 10.3. The van der Waals surface area contributed by atoms with E-state index in [2.05, 4.69) is 22.9 Å². The summed E-state index contributed by atoms with van der Waals surface area (Å²) in [6.07, 6.45) is 3.72. The van der Waals surface area contributed by atoms with E-state index in [4.69, 9.17) is 18.9 Å². The maximum atomic E-state index is 13.6. The zero-order valence-electron chi connectivity index (χ0n) is 17.9. The number of methoxy groups -OCH3 is 4. The Morgan fingerprint density at radius 1 is 1.23 bits per heavy atom. The van der Waals surface area contributed by atoms with Crippen molar-refractivity contribution in [3.05, 3.63) is 35.4 Å². The van der Waals surface area contributed by atoms with Gasteiger partial charge in [-0.3, -0.25) is 9.69 Å². The summed E-state index contributed by atoms with van der Waals surface area (Å²) in [5.41, 5.74) is 3.40. The van der Waals surface area contributed by atoms with Crippen molar-refractivity contribution in [2.45, 2.75) is 30.3 Å². The zero-order valence-corrected chi connectivity index (χ0v) is 17.9. The third-order valence-electron chi connectivity index (χ3n) is 7.49. The normalized spacial score (nSPS) is 34.5. The highest BCUT2D eigenvalue weighted by Crippen LogP contribution is 2.64. The molecule has 7 heteroatoms. The van der Waals surface area contributed by atoms with Crippen LogP contribution in [0.2, 0.25) is 0 Å². The van der Waals surface area contributed by atoms with Crippen LogP contribution in [0, 0.1) is 5.92 Å². The Morgan fingerprint density at radius 3 is 2.67 bits per heavy atom. The van der Waals surface area contributed by atoms with Crippen LogP contribution in [0.4, 0.5) is 5.69 Å². The van der Waals surface area contributed by atoms with E-state index < -0.39 is 5.41 Å². The van der Waals surface area contributed by atoms with Crippen molar-refractivity contribution in [1.29, 1.82) is 0 Å². The lowest BCUT2D eigenvalue weighted by atomic mass is 9.70. The molecule has 5 aliphatic rings. The smallest absolute Gasteiger partial charge is 0.237 e. The number of fused-ring (bicyclic) bond motifs is 3. The summed E-state index contributed by atoms with van der Waals surface area (Å²) in [6.45, 7) is 5.88. The van der Waals surface area contributed by atoms with Crippen molar-refractivity contribution < 1.29 is 23.7 Å². The second-order valence-electron chi connectivity index (χ2n) is 8.50. The number of hydrogen-bond donors (Lipinski definition) is 1. The fraction of sp³-hybridized carbons (Fsp3) is 0.522. The lowest BCUT2D eigenvalue weighted by Crippen LogP contribution is -2.56. The molecule has 0 radical (unpaired) electrons. The van der Waals surface area contributed by atoms with E-state index in [-0.39, 0.29) is 23.9 Å². The van der Waals surface area contributed by atoms with Gasteiger partial charge in [0.05, 0.1) is 39.0 Å². The molecule has 5 atom stereocenters. The van der Waals surface area contributed by atoms with E-state index in [0.717, 1.165) is 18.5 Å². The van der Waals surface area contributed by atoms with Gasteiger partial charge in [0.2, 0.25) is 5.91 Å². The number of nitrogens with one attached hydrogen (secondary N) is 1. The predicted molar refractivity (Wildman–Crippen MR) is 113 cm³/mol. The SMILES string of the molecule is C=C1C2CC3N(CC2=CCOC)C1CC31C(=O)Nc2c(OC)cc(OC)c(OC)c21. The van der Waals surface area contributed by atoms with E-state index in [9.17, 15) is 4.79 Å². The van der Waals surface area contributed by atoms with Gasteiger partial charge in [-0.05, 0) is 12.8 Å². The lowest BCUT2D eigenvalue weighted by Gasteiger charge is -2.49. The van der Waals surface area contributed by atoms with Crippen LogP contribution in [0.1, 0.15) is 18.4 Å². The molecule has 5 heterocycles. The Hall–Kier alpha value is -2.51. The number of rotatable bonds is 5. The molecular weight excluding hydrogens is 384 g/mol. The first-order chi connectivity index (χ1) is 14.5. The van der Waals surface area contributed by atoms with Crippen LogP contribution in [0.25, 0.3) is 0 Å². The molecule has 0 saturated carbocycles. The van der Waals surface area contributed by atoms with Crippen LogP contribution in [-0.4, -0.2) is 64.5 Å². The van der Waals surface area contributed by atoms with Crippen molar-refractivity contribution in [2.24, 2.45) is 5.92 Å². The Bertz CT molecular complexity index is 971. The van der Waals surface area contributed by atoms with E-state index in [1.807, 2.05) is 0 Å².